The maximum absolute atomic E-state index is 12.1. The summed E-state index contributed by atoms with van der Waals surface area (Å²) in [6.45, 7) is 0.494. The lowest BCUT2D eigenvalue weighted by Gasteiger charge is -2.09. The van der Waals surface area contributed by atoms with Crippen LogP contribution in [-0.2, 0) is 4.74 Å². The number of anilines is 1. The molecule has 0 aliphatic rings. The number of nitriles is 1. The topological polar surface area (TPSA) is 97.1 Å². The molecule has 3 rings (SSSR count). The van der Waals surface area contributed by atoms with Crippen molar-refractivity contribution in [2.75, 3.05) is 18.5 Å². The van der Waals surface area contributed by atoms with Crippen molar-refractivity contribution in [1.29, 1.82) is 5.26 Å². The maximum atomic E-state index is 12.1. The van der Waals surface area contributed by atoms with E-state index < -0.39 is 5.97 Å². The van der Waals surface area contributed by atoms with Gasteiger partial charge < -0.3 is 14.8 Å². The number of nitrogens with one attached hydrogen (secondary N) is 1. The number of nitrogens with zero attached hydrogens (tertiary/aromatic N) is 3. The number of carbonyl (C=O) groups excluding carboxylic acids is 1. The summed E-state index contributed by atoms with van der Waals surface area (Å²) in [5, 5.41) is 12.0. The number of benzene rings is 1. The average molecular weight is 360 g/mol. The van der Waals surface area contributed by atoms with Crippen molar-refractivity contribution in [2.45, 2.75) is 0 Å². The van der Waals surface area contributed by atoms with Crippen LogP contribution in [0.25, 0.3) is 0 Å². The fourth-order valence-corrected chi connectivity index (χ4v) is 2.24. The average Bonchev–Trinajstić information content (AvgIpc) is 2.72. The van der Waals surface area contributed by atoms with Crippen LogP contribution >= 0.6 is 0 Å². The molecule has 0 atom stereocenters. The fraction of sp³-hybridized carbons (Fsp3) is 0.100. The van der Waals surface area contributed by atoms with E-state index >= 15 is 0 Å². The van der Waals surface area contributed by atoms with E-state index in [0.29, 0.717) is 35.0 Å². The molecule has 0 saturated heterocycles. The van der Waals surface area contributed by atoms with Gasteiger partial charge in [-0.15, -0.1) is 0 Å². The van der Waals surface area contributed by atoms with E-state index in [9.17, 15) is 4.79 Å². The normalized spacial score (nSPS) is 9.89. The third kappa shape index (κ3) is 5.03. The molecular formula is C20H16N4O3. The number of ether oxygens (including phenoxy) is 2. The zero-order chi connectivity index (χ0) is 18.9. The van der Waals surface area contributed by atoms with Gasteiger partial charge in [0.25, 0.3) is 0 Å². The predicted molar refractivity (Wildman–Crippen MR) is 98.5 cm³/mol. The van der Waals surface area contributed by atoms with Crippen LogP contribution in [0, 0.1) is 11.3 Å². The van der Waals surface area contributed by atoms with Crippen LogP contribution in [0.15, 0.2) is 67.1 Å². The first-order chi connectivity index (χ1) is 13.3. The van der Waals surface area contributed by atoms with Gasteiger partial charge in [0.2, 0.25) is 0 Å². The van der Waals surface area contributed by atoms with Gasteiger partial charge in [-0.3, -0.25) is 4.98 Å². The minimum Gasteiger partial charge on any atom is -0.460 e. The van der Waals surface area contributed by atoms with Gasteiger partial charge in [-0.25, -0.2) is 9.78 Å². The number of rotatable bonds is 7. The van der Waals surface area contributed by atoms with Gasteiger partial charge in [0, 0.05) is 12.4 Å². The largest absolute Gasteiger partial charge is 0.460 e. The van der Waals surface area contributed by atoms with Gasteiger partial charge in [-0.1, -0.05) is 0 Å². The number of carbonyl (C=O) groups is 1. The van der Waals surface area contributed by atoms with E-state index in [4.69, 9.17) is 14.7 Å². The van der Waals surface area contributed by atoms with Crippen molar-refractivity contribution in [1.82, 2.24) is 9.97 Å². The Morgan fingerprint density at radius 3 is 2.63 bits per heavy atom. The molecule has 2 aromatic heterocycles. The molecule has 7 heteroatoms. The standard InChI is InChI=1S/C20H16N4O3/c21-13-16-3-1-10-23-19(16)24-11-12-26-20(25)15-5-7-17(8-6-15)27-18-4-2-9-22-14-18/h1-10,14H,11-12H2,(H,23,24). The molecule has 0 fully saturated rings. The van der Waals surface area contributed by atoms with Crippen LogP contribution in [0.5, 0.6) is 11.5 Å². The quantitative estimate of drug-likeness (QED) is 0.509. The monoisotopic (exact) mass is 360 g/mol. The van der Waals surface area contributed by atoms with Crippen LogP contribution < -0.4 is 10.1 Å². The van der Waals surface area contributed by atoms with Crippen LogP contribution in [0.1, 0.15) is 15.9 Å². The van der Waals surface area contributed by atoms with Crippen molar-refractivity contribution in [3.63, 3.8) is 0 Å². The van der Waals surface area contributed by atoms with E-state index in [-0.39, 0.29) is 6.61 Å². The van der Waals surface area contributed by atoms with E-state index in [2.05, 4.69) is 15.3 Å². The molecule has 0 unspecified atom stereocenters. The highest BCUT2D eigenvalue weighted by Crippen LogP contribution is 2.20. The zero-order valence-electron chi connectivity index (χ0n) is 14.3. The Morgan fingerprint density at radius 2 is 1.89 bits per heavy atom. The van der Waals surface area contributed by atoms with Gasteiger partial charge in [0.15, 0.2) is 0 Å². The molecule has 1 aromatic carbocycles. The molecule has 0 bridgehead atoms. The molecule has 0 spiro atoms. The van der Waals surface area contributed by atoms with Crippen LogP contribution in [-0.4, -0.2) is 29.1 Å². The Balaban J connectivity index is 1.47. The Bertz CT molecular complexity index is 937. The van der Waals surface area contributed by atoms with E-state index in [1.165, 1.54) is 0 Å². The van der Waals surface area contributed by atoms with Gasteiger partial charge in [-0.2, -0.15) is 5.26 Å². The van der Waals surface area contributed by atoms with Gasteiger partial charge in [0.1, 0.15) is 30.0 Å². The highest BCUT2D eigenvalue weighted by Gasteiger charge is 2.08. The summed E-state index contributed by atoms with van der Waals surface area (Å²) < 4.78 is 10.8. The molecule has 0 aliphatic carbocycles. The van der Waals surface area contributed by atoms with Crippen LogP contribution in [0.2, 0.25) is 0 Å². The van der Waals surface area contributed by atoms with Crippen molar-refractivity contribution in [3.8, 4) is 17.6 Å². The highest BCUT2D eigenvalue weighted by atomic mass is 16.5. The van der Waals surface area contributed by atoms with Gasteiger partial charge in [0.05, 0.1) is 23.9 Å². The summed E-state index contributed by atoms with van der Waals surface area (Å²) in [5.41, 5.74) is 0.858. The van der Waals surface area contributed by atoms with E-state index in [1.807, 2.05) is 6.07 Å². The summed E-state index contributed by atoms with van der Waals surface area (Å²) >= 11 is 0. The number of aromatic nitrogens is 2. The lowest BCUT2D eigenvalue weighted by Crippen LogP contribution is -2.15. The third-order valence-corrected chi connectivity index (χ3v) is 3.52. The minimum atomic E-state index is -0.439. The lowest BCUT2D eigenvalue weighted by molar-refractivity contribution is 0.0520. The summed E-state index contributed by atoms with van der Waals surface area (Å²) in [4.78, 5) is 20.1. The molecule has 0 radical (unpaired) electrons. The zero-order valence-corrected chi connectivity index (χ0v) is 14.3. The maximum Gasteiger partial charge on any atom is 0.338 e. The molecule has 3 aromatic rings. The number of hydrogen-bond donors (Lipinski definition) is 1. The third-order valence-electron chi connectivity index (χ3n) is 3.52. The van der Waals surface area contributed by atoms with Crippen molar-refractivity contribution < 1.29 is 14.3 Å². The molecule has 0 aliphatic heterocycles. The second-order valence-corrected chi connectivity index (χ2v) is 5.39. The Labute approximate surface area is 156 Å². The lowest BCUT2D eigenvalue weighted by atomic mass is 10.2. The van der Waals surface area contributed by atoms with Crippen molar-refractivity contribution in [2.24, 2.45) is 0 Å². The molecule has 7 nitrogen and oxygen atoms in total. The van der Waals surface area contributed by atoms with Crippen molar-refractivity contribution >= 4 is 11.8 Å². The van der Waals surface area contributed by atoms with Crippen LogP contribution in [0.4, 0.5) is 5.82 Å². The second kappa shape index (κ2) is 8.97. The number of hydrogen-bond acceptors (Lipinski definition) is 7. The summed E-state index contributed by atoms with van der Waals surface area (Å²) in [6.07, 6.45) is 4.86. The number of pyridine rings is 2. The second-order valence-electron chi connectivity index (χ2n) is 5.39. The number of esters is 1. The van der Waals surface area contributed by atoms with E-state index in [0.717, 1.165) is 0 Å². The highest BCUT2D eigenvalue weighted by molar-refractivity contribution is 5.89. The van der Waals surface area contributed by atoms with Crippen molar-refractivity contribution in [3.05, 3.63) is 78.2 Å². The molecule has 27 heavy (non-hydrogen) atoms. The first-order valence-corrected chi connectivity index (χ1v) is 8.20. The Morgan fingerprint density at radius 1 is 1.07 bits per heavy atom. The SMILES string of the molecule is N#Cc1cccnc1NCCOC(=O)c1ccc(Oc2cccnc2)cc1. The minimum absolute atomic E-state index is 0.147. The Hall–Kier alpha value is -3.92. The summed E-state index contributed by atoms with van der Waals surface area (Å²) in [6, 6.07) is 15.6. The first-order valence-electron chi connectivity index (χ1n) is 8.20. The smallest absolute Gasteiger partial charge is 0.338 e. The molecular weight excluding hydrogens is 344 g/mol. The molecule has 0 saturated carbocycles. The molecule has 2 heterocycles. The van der Waals surface area contributed by atoms with Gasteiger partial charge >= 0.3 is 5.97 Å². The van der Waals surface area contributed by atoms with E-state index in [1.54, 1.807) is 67.1 Å². The first kappa shape index (κ1) is 17.9. The molecule has 134 valence electrons. The Kier molecular flexibility index (Phi) is 5.94. The summed E-state index contributed by atoms with van der Waals surface area (Å²) in [7, 11) is 0. The fourth-order valence-electron chi connectivity index (χ4n) is 2.24. The molecule has 1 N–H and O–H groups in total. The summed E-state index contributed by atoms with van der Waals surface area (Å²) in [5.74, 6) is 1.24. The predicted octanol–water partition coefficient (Wildman–Crippen LogP) is 3.41. The van der Waals surface area contributed by atoms with Gasteiger partial charge in [-0.05, 0) is 48.5 Å². The molecule has 0 amide bonds. The van der Waals surface area contributed by atoms with Crippen LogP contribution in [0.3, 0.4) is 0 Å².